The van der Waals surface area contributed by atoms with Gasteiger partial charge in [0.25, 0.3) is 5.91 Å². The van der Waals surface area contributed by atoms with E-state index >= 15 is 0 Å². The van der Waals surface area contributed by atoms with E-state index in [9.17, 15) is 4.79 Å². The summed E-state index contributed by atoms with van der Waals surface area (Å²) in [6.45, 7) is 8.87. The number of nitrogens with zero attached hydrogens (tertiary/aromatic N) is 1. The number of nitrogens with one attached hydrogen (secondary N) is 1. The zero-order valence-electron chi connectivity index (χ0n) is 11.9. The maximum absolute atomic E-state index is 12.5. The first-order chi connectivity index (χ1) is 8.83. The predicted octanol–water partition coefficient (Wildman–Crippen LogP) is 3.13. The van der Waals surface area contributed by atoms with Crippen LogP contribution in [-0.4, -0.2) is 28.7 Å². The number of carbonyl (C=O) groups excluding carboxylic acids is 1. The van der Waals surface area contributed by atoms with Crippen molar-refractivity contribution in [2.75, 3.05) is 6.61 Å². The van der Waals surface area contributed by atoms with Gasteiger partial charge in [0, 0.05) is 23.3 Å². The largest absolute Gasteiger partial charge is 0.376 e. The first kappa shape index (κ1) is 14.6. The molecule has 19 heavy (non-hydrogen) atoms. The van der Waals surface area contributed by atoms with E-state index in [1.54, 1.807) is 0 Å². The van der Waals surface area contributed by atoms with Gasteiger partial charge in [0.15, 0.2) is 0 Å². The SMILES string of the molecule is CC(C)n1cc(Br)cc1C(=O)NC1(C)CCOC1C. The Morgan fingerprint density at radius 1 is 1.63 bits per heavy atom. The predicted molar refractivity (Wildman–Crippen MR) is 78.4 cm³/mol. The highest BCUT2D eigenvalue weighted by atomic mass is 79.9. The molecule has 1 aromatic rings. The monoisotopic (exact) mass is 328 g/mol. The number of halogens is 1. The van der Waals surface area contributed by atoms with E-state index in [2.05, 4.69) is 35.1 Å². The Labute approximate surface area is 122 Å². The minimum absolute atomic E-state index is 0.0424. The average molecular weight is 329 g/mol. The standard InChI is InChI=1S/C14H21BrN2O2/c1-9(2)17-8-11(15)7-12(17)13(18)16-14(4)5-6-19-10(14)3/h7-10H,5-6H2,1-4H3,(H,16,18). The van der Waals surface area contributed by atoms with Crippen molar-refractivity contribution in [2.45, 2.75) is 51.8 Å². The van der Waals surface area contributed by atoms with Gasteiger partial charge in [-0.2, -0.15) is 0 Å². The summed E-state index contributed by atoms with van der Waals surface area (Å²) in [6.07, 6.45) is 2.84. The fourth-order valence-electron chi connectivity index (χ4n) is 2.38. The van der Waals surface area contributed by atoms with Crippen LogP contribution >= 0.6 is 15.9 Å². The summed E-state index contributed by atoms with van der Waals surface area (Å²) in [5, 5.41) is 3.12. The van der Waals surface area contributed by atoms with Gasteiger partial charge in [0.1, 0.15) is 5.69 Å². The third-order valence-electron chi connectivity index (χ3n) is 3.89. The molecule has 2 rings (SSSR count). The summed E-state index contributed by atoms with van der Waals surface area (Å²) in [5.41, 5.74) is 0.400. The van der Waals surface area contributed by atoms with Crippen molar-refractivity contribution in [3.8, 4) is 0 Å². The number of rotatable bonds is 3. The molecule has 1 aliphatic rings. The van der Waals surface area contributed by atoms with Gasteiger partial charge in [0.05, 0.1) is 11.6 Å². The minimum Gasteiger partial charge on any atom is -0.376 e. The van der Waals surface area contributed by atoms with E-state index in [1.807, 2.05) is 30.7 Å². The third-order valence-corrected chi connectivity index (χ3v) is 4.32. The molecule has 2 unspecified atom stereocenters. The summed E-state index contributed by atoms with van der Waals surface area (Å²) in [6, 6.07) is 2.11. The van der Waals surface area contributed by atoms with Crippen LogP contribution in [0.1, 0.15) is 50.6 Å². The number of carbonyl (C=O) groups is 1. The van der Waals surface area contributed by atoms with Crippen molar-refractivity contribution in [2.24, 2.45) is 0 Å². The lowest BCUT2D eigenvalue weighted by atomic mass is 9.94. The molecule has 4 nitrogen and oxygen atoms in total. The van der Waals surface area contributed by atoms with Gasteiger partial charge in [-0.3, -0.25) is 4.79 Å². The lowest BCUT2D eigenvalue weighted by Gasteiger charge is -2.29. The number of hydrogen-bond donors (Lipinski definition) is 1. The highest BCUT2D eigenvalue weighted by Gasteiger charge is 2.38. The van der Waals surface area contributed by atoms with Crippen LogP contribution < -0.4 is 5.32 Å². The van der Waals surface area contributed by atoms with Crippen LogP contribution in [0, 0.1) is 0 Å². The van der Waals surface area contributed by atoms with Crippen molar-refractivity contribution in [3.05, 3.63) is 22.4 Å². The maximum Gasteiger partial charge on any atom is 0.268 e. The van der Waals surface area contributed by atoms with Gasteiger partial charge in [-0.05, 0) is 56.1 Å². The molecule has 1 amide bonds. The van der Waals surface area contributed by atoms with Crippen molar-refractivity contribution in [1.82, 2.24) is 9.88 Å². The topological polar surface area (TPSA) is 43.3 Å². The van der Waals surface area contributed by atoms with Crippen LogP contribution in [0.25, 0.3) is 0 Å². The minimum atomic E-state index is -0.282. The second-order valence-corrected chi connectivity index (χ2v) is 6.59. The molecular weight excluding hydrogens is 308 g/mol. The summed E-state index contributed by atoms with van der Waals surface area (Å²) in [7, 11) is 0. The molecule has 1 aromatic heterocycles. The van der Waals surface area contributed by atoms with Crippen molar-refractivity contribution >= 4 is 21.8 Å². The van der Waals surface area contributed by atoms with E-state index in [-0.39, 0.29) is 23.6 Å². The lowest BCUT2D eigenvalue weighted by molar-refractivity contribution is 0.0720. The Hall–Kier alpha value is -0.810. The van der Waals surface area contributed by atoms with Crippen LogP contribution in [0.4, 0.5) is 0 Å². The molecule has 106 valence electrons. The van der Waals surface area contributed by atoms with Gasteiger partial charge < -0.3 is 14.6 Å². The quantitative estimate of drug-likeness (QED) is 0.926. The van der Waals surface area contributed by atoms with Gasteiger partial charge in [-0.15, -0.1) is 0 Å². The first-order valence-electron chi connectivity index (χ1n) is 6.65. The molecule has 1 N–H and O–H groups in total. The highest BCUT2D eigenvalue weighted by Crippen LogP contribution is 2.26. The lowest BCUT2D eigenvalue weighted by Crippen LogP contribution is -2.51. The van der Waals surface area contributed by atoms with Crippen molar-refractivity contribution in [1.29, 1.82) is 0 Å². The van der Waals surface area contributed by atoms with Gasteiger partial charge in [0.2, 0.25) is 0 Å². The molecule has 0 aromatic carbocycles. The Morgan fingerprint density at radius 2 is 2.32 bits per heavy atom. The van der Waals surface area contributed by atoms with Crippen LogP contribution in [0.15, 0.2) is 16.7 Å². The van der Waals surface area contributed by atoms with Crippen LogP contribution in [0.3, 0.4) is 0 Å². The van der Waals surface area contributed by atoms with Gasteiger partial charge >= 0.3 is 0 Å². The van der Waals surface area contributed by atoms with E-state index in [0.717, 1.165) is 10.9 Å². The van der Waals surface area contributed by atoms with Gasteiger partial charge in [-0.25, -0.2) is 0 Å². The molecule has 5 heteroatoms. The second-order valence-electron chi connectivity index (χ2n) is 5.68. The molecule has 0 saturated carbocycles. The number of hydrogen-bond acceptors (Lipinski definition) is 2. The Balaban J connectivity index is 2.21. The van der Waals surface area contributed by atoms with Gasteiger partial charge in [-0.1, -0.05) is 0 Å². The van der Waals surface area contributed by atoms with E-state index in [0.29, 0.717) is 12.3 Å². The average Bonchev–Trinajstić information content (AvgIpc) is 2.84. The van der Waals surface area contributed by atoms with E-state index in [4.69, 9.17) is 4.74 Å². The molecule has 2 atom stereocenters. The van der Waals surface area contributed by atoms with Crippen molar-refractivity contribution < 1.29 is 9.53 Å². The number of amides is 1. The Morgan fingerprint density at radius 3 is 2.84 bits per heavy atom. The molecule has 0 bridgehead atoms. The van der Waals surface area contributed by atoms with E-state index < -0.39 is 0 Å². The summed E-state index contributed by atoms with van der Waals surface area (Å²) >= 11 is 3.43. The fraction of sp³-hybridized carbons (Fsp3) is 0.643. The molecule has 0 spiro atoms. The Kier molecular flexibility index (Phi) is 4.06. The first-order valence-corrected chi connectivity index (χ1v) is 7.44. The number of ether oxygens (including phenoxy) is 1. The molecule has 2 heterocycles. The second kappa shape index (κ2) is 5.29. The number of aromatic nitrogens is 1. The molecule has 0 aliphatic carbocycles. The van der Waals surface area contributed by atoms with Crippen LogP contribution in [-0.2, 0) is 4.74 Å². The normalized spacial score (nSPS) is 26.9. The summed E-state index contributed by atoms with van der Waals surface area (Å²) < 4.78 is 8.46. The smallest absolute Gasteiger partial charge is 0.268 e. The maximum atomic E-state index is 12.5. The molecule has 1 saturated heterocycles. The zero-order chi connectivity index (χ0) is 14.2. The molecule has 0 radical (unpaired) electrons. The third kappa shape index (κ3) is 2.87. The van der Waals surface area contributed by atoms with Crippen molar-refractivity contribution in [3.63, 3.8) is 0 Å². The highest BCUT2D eigenvalue weighted by molar-refractivity contribution is 9.10. The Bertz CT molecular complexity index is 484. The molecule has 1 aliphatic heterocycles. The van der Waals surface area contributed by atoms with E-state index in [1.165, 1.54) is 0 Å². The summed E-state index contributed by atoms with van der Waals surface area (Å²) in [5.74, 6) is -0.0424. The zero-order valence-corrected chi connectivity index (χ0v) is 13.5. The molecule has 1 fully saturated rings. The van der Waals surface area contributed by atoms with Crippen LogP contribution in [0.5, 0.6) is 0 Å². The molecular formula is C14H21BrN2O2. The summed E-state index contributed by atoms with van der Waals surface area (Å²) in [4.78, 5) is 12.5. The van der Waals surface area contributed by atoms with Crippen LogP contribution in [0.2, 0.25) is 0 Å². The fourth-order valence-corrected chi connectivity index (χ4v) is 2.81.